The van der Waals surface area contributed by atoms with E-state index in [2.05, 4.69) is 19.2 Å². The molecule has 3 aromatic rings. The lowest BCUT2D eigenvalue weighted by Crippen LogP contribution is -2.19. The minimum Gasteiger partial charge on any atom is -0.328 e. The van der Waals surface area contributed by atoms with Crippen LogP contribution in [0.3, 0.4) is 0 Å². The number of halogens is 3. The molecule has 5 nitrogen and oxygen atoms in total. The Bertz CT molecular complexity index is 1020. The van der Waals surface area contributed by atoms with Crippen LogP contribution in [0.25, 0.3) is 22.4 Å². The standard InChI is InChI=1S/C22H27FN4O.2ClH/c1-13(2)27-20-12-17(23)7-9-19(20)26-22(27)16-6-8-18(14(3)11-16)25-21(28)10-5-15(4)24;;/h6-9,11-13,15H,5,10,24H2,1-4H3,(H,25,28);2*1H. The fraction of sp³-hybridized carbons (Fsp3) is 0.364. The molecule has 0 bridgehead atoms. The molecule has 1 atom stereocenters. The lowest BCUT2D eigenvalue weighted by molar-refractivity contribution is -0.116. The van der Waals surface area contributed by atoms with E-state index in [1.54, 1.807) is 6.07 Å². The van der Waals surface area contributed by atoms with Gasteiger partial charge in [-0.25, -0.2) is 9.37 Å². The first-order valence-electron chi connectivity index (χ1n) is 9.60. The molecule has 0 radical (unpaired) electrons. The van der Waals surface area contributed by atoms with Gasteiger partial charge >= 0.3 is 0 Å². The summed E-state index contributed by atoms with van der Waals surface area (Å²) in [5, 5.41) is 2.94. The number of aryl methyl sites for hydroxylation is 1. The van der Waals surface area contributed by atoms with Crippen LogP contribution in [0.15, 0.2) is 36.4 Å². The number of nitrogens with two attached hydrogens (primary N) is 1. The van der Waals surface area contributed by atoms with Gasteiger partial charge in [-0.2, -0.15) is 0 Å². The topological polar surface area (TPSA) is 72.9 Å². The maximum atomic E-state index is 13.8. The van der Waals surface area contributed by atoms with E-state index < -0.39 is 0 Å². The molecule has 164 valence electrons. The van der Waals surface area contributed by atoms with Crippen molar-refractivity contribution < 1.29 is 9.18 Å². The fourth-order valence-electron chi connectivity index (χ4n) is 3.31. The second kappa shape index (κ2) is 10.8. The van der Waals surface area contributed by atoms with Gasteiger partial charge < -0.3 is 15.6 Å². The molecular weight excluding hydrogens is 426 g/mol. The number of hydrogen-bond donors (Lipinski definition) is 2. The van der Waals surface area contributed by atoms with Gasteiger partial charge in [0.2, 0.25) is 5.91 Å². The molecule has 0 fully saturated rings. The van der Waals surface area contributed by atoms with Crippen molar-refractivity contribution in [2.75, 3.05) is 5.32 Å². The summed E-state index contributed by atoms with van der Waals surface area (Å²) in [7, 11) is 0. The molecule has 1 aromatic heterocycles. The first kappa shape index (κ1) is 25.9. The van der Waals surface area contributed by atoms with Crippen LogP contribution in [0, 0.1) is 12.7 Å². The third-order valence-electron chi connectivity index (χ3n) is 4.75. The molecule has 3 rings (SSSR count). The van der Waals surface area contributed by atoms with Crippen LogP contribution < -0.4 is 11.1 Å². The van der Waals surface area contributed by atoms with Crippen molar-refractivity contribution in [1.29, 1.82) is 0 Å². The molecule has 8 heteroatoms. The highest BCUT2D eigenvalue weighted by Gasteiger charge is 2.16. The Morgan fingerprint density at radius 3 is 2.47 bits per heavy atom. The minimum atomic E-state index is -0.276. The zero-order valence-corrected chi connectivity index (χ0v) is 19.2. The van der Waals surface area contributed by atoms with Crippen LogP contribution in [0.5, 0.6) is 0 Å². The average molecular weight is 455 g/mol. The molecular formula is C22H29Cl2FN4O. The number of fused-ring (bicyclic) bond motifs is 1. The summed E-state index contributed by atoms with van der Waals surface area (Å²) in [4.78, 5) is 16.8. The van der Waals surface area contributed by atoms with Gasteiger partial charge in [0.25, 0.3) is 0 Å². The van der Waals surface area contributed by atoms with Gasteiger partial charge in [0.15, 0.2) is 0 Å². The van der Waals surface area contributed by atoms with E-state index >= 15 is 0 Å². The summed E-state index contributed by atoms with van der Waals surface area (Å²) >= 11 is 0. The van der Waals surface area contributed by atoms with Gasteiger partial charge in [0.1, 0.15) is 11.6 Å². The monoisotopic (exact) mass is 454 g/mol. The number of imidazole rings is 1. The molecule has 30 heavy (non-hydrogen) atoms. The largest absolute Gasteiger partial charge is 0.328 e. The second-order valence-corrected chi connectivity index (χ2v) is 7.63. The Kier molecular flexibility index (Phi) is 9.28. The lowest BCUT2D eigenvalue weighted by atomic mass is 10.1. The summed E-state index contributed by atoms with van der Waals surface area (Å²) in [6.45, 7) is 7.94. The maximum absolute atomic E-state index is 13.8. The zero-order chi connectivity index (χ0) is 20.4. The molecule has 1 heterocycles. The predicted molar refractivity (Wildman–Crippen MR) is 126 cm³/mol. The summed E-state index contributed by atoms with van der Waals surface area (Å²) in [6, 6.07) is 10.6. The summed E-state index contributed by atoms with van der Waals surface area (Å²) < 4.78 is 15.8. The van der Waals surface area contributed by atoms with E-state index in [0.29, 0.717) is 12.8 Å². The highest BCUT2D eigenvalue weighted by Crippen LogP contribution is 2.31. The number of carbonyl (C=O) groups is 1. The van der Waals surface area contributed by atoms with Gasteiger partial charge in [0.05, 0.1) is 11.0 Å². The number of rotatable bonds is 6. The third-order valence-corrected chi connectivity index (χ3v) is 4.75. The molecule has 0 saturated carbocycles. The third kappa shape index (κ3) is 5.72. The lowest BCUT2D eigenvalue weighted by Gasteiger charge is -2.15. The average Bonchev–Trinajstić information content (AvgIpc) is 3.00. The molecule has 3 N–H and O–H groups in total. The number of nitrogens with one attached hydrogen (secondary N) is 1. The Morgan fingerprint density at radius 2 is 1.87 bits per heavy atom. The summed E-state index contributed by atoms with van der Waals surface area (Å²) in [5.74, 6) is 0.466. The van der Waals surface area contributed by atoms with Crippen molar-refractivity contribution in [3.8, 4) is 11.4 Å². The van der Waals surface area contributed by atoms with Crippen molar-refractivity contribution >= 4 is 47.4 Å². The smallest absolute Gasteiger partial charge is 0.224 e. The number of benzene rings is 2. The van der Waals surface area contributed by atoms with Crippen LogP contribution in [-0.2, 0) is 4.79 Å². The van der Waals surface area contributed by atoms with Gasteiger partial charge in [-0.3, -0.25) is 4.79 Å². The molecule has 0 aliphatic rings. The first-order valence-corrected chi connectivity index (χ1v) is 9.60. The number of anilines is 1. The molecule has 2 aromatic carbocycles. The number of nitrogens with zero attached hydrogens (tertiary/aromatic N) is 2. The Morgan fingerprint density at radius 1 is 1.17 bits per heavy atom. The summed E-state index contributed by atoms with van der Waals surface area (Å²) in [6.07, 6.45) is 1.05. The molecule has 0 saturated heterocycles. The number of aromatic nitrogens is 2. The van der Waals surface area contributed by atoms with Gasteiger partial charge in [-0.15, -0.1) is 24.8 Å². The fourth-order valence-corrected chi connectivity index (χ4v) is 3.31. The van der Waals surface area contributed by atoms with Crippen molar-refractivity contribution in [1.82, 2.24) is 9.55 Å². The molecule has 1 amide bonds. The van der Waals surface area contributed by atoms with E-state index in [-0.39, 0.29) is 48.6 Å². The first-order chi connectivity index (χ1) is 13.3. The van der Waals surface area contributed by atoms with Gasteiger partial charge in [-0.1, -0.05) is 0 Å². The van der Waals surface area contributed by atoms with E-state index in [9.17, 15) is 9.18 Å². The quantitative estimate of drug-likeness (QED) is 0.505. The molecule has 0 aliphatic heterocycles. The Hall–Kier alpha value is -2.15. The van der Waals surface area contributed by atoms with E-state index in [0.717, 1.165) is 33.7 Å². The van der Waals surface area contributed by atoms with Crippen molar-refractivity contribution in [3.05, 3.63) is 47.8 Å². The molecule has 0 aliphatic carbocycles. The number of hydrogen-bond acceptors (Lipinski definition) is 3. The highest BCUT2D eigenvalue weighted by atomic mass is 35.5. The van der Waals surface area contributed by atoms with Gasteiger partial charge in [-0.05, 0) is 76.1 Å². The maximum Gasteiger partial charge on any atom is 0.224 e. The normalized spacial score (nSPS) is 11.7. The molecule has 1 unspecified atom stereocenters. The Labute approximate surface area is 189 Å². The highest BCUT2D eigenvalue weighted by molar-refractivity contribution is 5.92. The van der Waals surface area contributed by atoms with E-state index in [4.69, 9.17) is 10.7 Å². The minimum absolute atomic E-state index is 0. The van der Waals surface area contributed by atoms with Gasteiger partial charge in [0, 0.05) is 29.8 Å². The van der Waals surface area contributed by atoms with Crippen LogP contribution in [0.2, 0.25) is 0 Å². The number of carbonyl (C=O) groups excluding carboxylic acids is 1. The zero-order valence-electron chi connectivity index (χ0n) is 17.6. The van der Waals surface area contributed by atoms with Crippen molar-refractivity contribution in [2.45, 2.75) is 52.6 Å². The van der Waals surface area contributed by atoms with Crippen LogP contribution in [0.4, 0.5) is 10.1 Å². The SMILES string of the molecule is Cc1cc(-c2nc3ccc(F)cc3n2C(C)C)ccc1NC(=O)CCC(C)N.Cl.Cl. The molecule has 0 spiro atoms. The second-order valence-electron chi connectivity index (χ2n) is 7.63. The van der Waals surface area contributed by atoms with Crippen LogP contribution in [-0.4, -0.2) is 21.5 Å². The summed E-state index contributed by atoms with van der Waals surface area (Å²) in [5.41, 5.74) is 9.90. The van der Waals surface area contributed by atoms with Crippen LogP contribution in [0.1, 0.15) is 45.2 Å². The Balaban J connectivity index is 0.00000225. The van der Waals surface area contributed by atoms with E-state index in [1.807, 2.05) is 36.6 Å². The van der Waals surface area contributed by atoms with Crippen molar-refractivity contribution in [3.63, 3.8) is 0 Å². The van der Waals surface area contributed by atoms with Crippen molar-refractivity contribution in [2.24, 2.45) is 5.73 Å². The van der Waals surface area contributed by atoms with E-state index in [1.165, 1.54) is 12.1 Å². The predicted octanol–water partition coefficient (Wildman–Crippen LogP) is 5.64. The number of amides is 1. The van der Waals surface area contributed by atoms with Crippen LogP contribution >= 0.6 is 24.8 Å².